The fraction of sp³-hybridized carbons (Fsp3) is 0.409. The molecule has 0 N–H and O–H groups in total. The van der Waals surface area contributed by atoms with E-state index in [-0.39, 0.29) is 18.1 Å². The molecule has 0 atom stereocenters. The number of amides is 3. The number of carbonyl (C=O) groups is 2. The minimum atomic E-state index is -4.82. The van der Waals surface area contributed by atoms with Gasteiger partial charge in [0.25, 0.3) is 5.91 Å². The summed E-state index contributed by atoms with van der Waals surface area (Å²) in [6, 6.07) is 7.95. The fourth-order valence-electron chi connectivity index (χ4n) is 4.27. The van der Waals surface area contributed by atoms with Crippen molar-refractivity contribution in [1.29, 1.82) is 0 Å². The summed E-state index contributed by atoms with van der Waals surface area (Å²) in [4.78, 5) is 35.5. The summed E-state index contributed by atoms with van der Waals surface area (Å²) in [6.07, 6.45) is -2.05. The molecule has 2 aromatic rings. The summed E-state index contributed by atoms with van der Waals surface area (Å²) in [7, 11) is 0. The van der Waals surface area contributed by atoms with Crippen LogP contribution >= 0.6 is 0 Å². The molecule has 1 spiro atoms. The van der Waals surface area contributed by atoms with Crippen molar-refractivity contribution < 1.29 is 32.2 Å². The molecule has 174 valence electrons. The van der Waals surface area contributed by atoms with Gasteiger partial charge in [-0.15, -0.1) is 13.2 Å². The summed E-state index contributed by atoms with van der Waals surface area (Å²) >= 11 is 0. The average Bonchev–Trinajstić information content (AvgIpc) is 3.57. The molecule has 3 heterocycles. The van der Waals surface area contributed by atoms with Crippen LogP contribution < -0.4 is 14.5 Å². The molecule has 8 nitrogen and oxygen atoms in total. The minimum Gasteiger partial charge on any atom is -0.406 e. The second-order valence-corrected chi connectivity index (χ2v) is 8.20. The SMILES string of the molecule is O=C1N(c2ccc(OC(F)(F)F)cc2)C(=O)C2(CC2)N1Cc1ccnc(N2CCOCC2)c1. The standard InChI is InChI=1S/C22H21F3N4O4/c23-22(24,25)33-17-3-1-16(2-4-17)29-19(30)21(6-7-21)28(20(29)31)14-15-5-8-26-18(13-15)27-9-11-32-12-10-27/h1-5,8,13H,6-7,9-12,14H2. The maximum Gasteiger partial charge on any atom is 0.573 e. The molecule has 5 rings (SSSR count). The van der Waals surface area contributed by atoms with Crippen LogP contribution in [0.25, 0.3) is 0 Å². The van der Waals surface area contributed by atoms with Gasteiger partial charge in [0.05, 0.1) is 18.9 Å². The summed E-state index contributed by atoms with van der Waals surface area (Å²) < 4.78 is 46.5. The number of benzene rings is 1. The number of halogens is 3. The molecule has 1 saturated carbocycles. The molecule has 1 aromatic heterocycles. The van der Waals surface area contributed by atoms with Crippen LogP contribution in [0, 0.1) is 0 Å². The highest BCUT2D eigenvalue weighted by molar-refractivity contribution is 6.24. The van der Waals surface area contributed by atoms with Gasteiger partial charge in [0.15, 0.2) is 0 Å². The molecule has 3 aliphatic rings. The fourth-order valence-corrected chi connectivity index (χ4v) is 4.27. The van der Waals surface area contributed by atoms with Gasteiger partial charge in [0, 0.05) is 25.8 Å². The zero-order valence-electron chi connectivity index (χ0n) is 17.5. The van der Waals surface area contributed by atoms with Crippen LogP contribution in [0.1, 0.15) is 18.4 Å². The van der Waals surface area contributed by atoms with Crippen LogP contribution in [0.3, 0.4) is 0 Å². The van der Waals surface area contributed by atoms with E-state index < -0.39 is 23.7 Å². The molecule has 33 heavy (non-hydrogen) atoms. The first kappa shape index (κ1) is 21.5. The number of alkyl halides is 3. The van der Waals surface area contributed by atoms with Crippen molar-refractivity contribution in [1.82, 2.24) is 9.88 Å². The van der Waals surface area contributed by atoms with Crippen molar-refractivity contribution >= 4 is 23.4 Å². The predicted octanol–water partition coefficient (Wildman–Crippen LogP) is 3.32. The number of rotatable bonds is 5. The van der Waals surface area contributed by atoms with Crippen molar-refractivity contribution in [2.45, 2.75) is 31.3 Å². The van der Waals surface area contributed by atoms with Crippen molar-refractivity contribution in [3.8, 4) is 5.75 Å². The molecular formula is C22H21F3N4O4. The summed E-state index contributed by atoms with van der Waals surface area (Å²) in [5, 5.41) is 0. The van der Waals surface area contributed by atoms with Gasteiger partial charge in [-0.2, -0.15) is 0 Å². The Morgan fingerprint density at radius 3 is 2.39 bits per heavy atom. The van der Waals surface area contributed by atoms with E-state index in [4.69, 9.17) is 4.74 Å². The van der Waals surface area contributed by atoms with E-state index in [1.807, 2.05) is 12.1 Å². The molecule has 1 aromatic carbocycles. The number of hydrogen-bond donors (Lipinski definition) is 0. The Morgan fingerprint density at radius 2 is 1.76 bits per heavy atom. The highest BCUT2D eigenvalue weighted by Gasteiger charge is 2.65. The Labute approximate surface area is 187 Å². The smallest absolute Gasteiger partial charge is 0.406 e. The van der Waals surface area contributed by atoms with E-state index in [1.165, 1.54) is 12.1 Å². The maximum absolute atomic E-state index is 13.3. The van der Waals surface area contributed by atoms with Crippen LogP contribution in [0.2, 0.25) is 0 Å². The van der Waals surface area contributed by atoms with Gasteiger partial charge >= 0.3 is 12.4 Å². The zero-order valence-corrected chi connectivity index (χ0v) is 17.5. The lowest BCUT2D eigenvalue weighted by molar-refractivity contribution is -0.274. The first-order chi connectivity index (χ1) is 15.8. The van der Waals surface area contributed by atoms with Crippen molar-refractivity contribution in [3.63, 3.8) is 0 Å². The normalized spacial score (nSPS) is 20.0. The molecule has 3 amide bonds. The lowest BCUT2D eigenvalue weighted by Gasteiger charge is -2.28. The molecule has 2 saturated heterocycles. The van der Waals surface area contributed by atoms with Crippen LogP contribution in [0.4, 0.5) is 29.5 Å². The summed E-state index contributed by atoms with van der Waals surface area (Å²) in [6.45, 7) is 2.93. The third kappa shape index (κ3) is 4.08. The lowest BCUT2D eigenvalue weighted by atomic mass is 10.2. The molecule has 3 fully saturated rings. The van der Waals surface area contributed by atoms with E-state index in [0.29, 0.717) is 26.1 Å². The topological polar surface area (TPSA) is 75.2 Å². The molecular weight excluding hydrogens is 441 g/mol. The van der Waals surface area contributed by atoms with Crippen LogP contribution in [-0.4, -0.2) is 60.0 Å². The quantitative estimate of drug-likeness (QED) is 0.635. The largest absolute Gasteiger partial charge is 0.573 e. The summed E-state index contributed by atoms with van der Waals surface area (Å²) in [5.41, 5.74) is 0.146. The van der Waals surface area contributed by atoms with E-state index in [0.717, 1.165) is 41.5 Å². The third-order valence-electron chi connectivity index (χ3n) is 6.08. The predicted molar refractivity (Wildman–Crippen MR) is 111 cm³/mol. The molecule has 1 aliphatic carbocycles. The van der Waals surface area contributed by atoms with E-state index in [9.17, 15) is 22.8 Å². The van der Waals surface area contributed by atoms with E-state index >= 15 is 0 Å². The van der Waals surface area contributed by atoms with Crippen molar-refractivity contribution in [2.75, 3.05) is 36.1 Å². The molecule has 11 heteroatoms. The number of hydrogen-bond acceptors (Lipinski definition) is 6. The van der Waals surface area contributed by atoms with E-state index in [1.54, 1.807) is 11.1 Å². The average molecular weight is 462 g/mol. The minimum absolute atomic E-state index is 0.206. The number of aromatic nitrogens is 1. The van der Waals surface area contributed by atoms with Crippen LogP contribution in [-0.2, 0) is 16.1 Å². The lowest BCUT2D eigenvalue weighted by Crippen LogP contribution is -2.37. The Hall–Kier alpha value is -3.34. The second-order valence-electron chi connectivity index (χ2n) is 8.20. The molecule has 0 bridgehead atoms. The van der Waals surface area contributed by atoms with Gasteiger partial charge in [0.1, 0.15) is 17.1 Å². The van der Waals surface area contributed by atoms with Crippen LogP contribution in [0.5, 0.6) is 5.75 Å². The van der Waals surface area contributed by atoms with Gasteiger partial charge in [-0.25, -0.2) is 14.7 Å². The van der Waals surface area contributed by atoms with Gasteiger partial charge in [-0.05, 0) is 54.8 Å². The Morgan fingerprint density at radius 1 is 1.06 bits per heavy atom. The van der Waals surface area contributed by atoms with Crippen LogP contribution in [0.15, 0.2) is 42.6 Å². The third-order valence-corrected chi connectivity index (χ3v) is 6.08. The number of pyridine rings is 1. The molecule has 0 unspecified atom stereocenters. The van der Waals surface area contributed by atoms with Crippen molar-refractivity contribution in [3.05, 3.63) is 48.2 Å². The first-order valence-corrected chi connectivity index (χ1v) is 10.6. The molecule has 0 radical (unpaired) electrons. The van der Waals surface area contributed by atoms with Gasteiger partial charge in [0.2, 0.25) is 0 Å². The van der Waals surface area contributed by atoms with Crippen molar-refractivity contribution in [2.24, 2.45) is 0 Å². The maximum atomic E-state index is 13.3. The van der Waals surface area contributed by atoms with E-state index in [2.05, 4.69) is 14.6 Å². The highest BCUT2D eigenvalue weighted by Crippen LogP contribution is 2.49. The number of morpholine rings is 1. The van der Waals surface area contributed by atoms with Gasteiger partial charge in [-0.3, -0.25) is 4.79 Å². The Balaban J connectivity index is 1.36. The monoisotopic (exact) mass is 462 g/mol. The summed E-state index contributed by atoms with van der Waals surface area (Å²) in [5.74, 6) is 0.00550. The number of nitrogens with zero attached hydrogens (tertiary/aromatic N) is 4. The van der Waals surface area contributed by atoms with Gasteiger partial charge < -0.3 is 19.3 Å². The Kier molecular flexibility index (Phi) is 5.15. The van der Waals surface area contributed by atoms with Gasteiger partial charge in [-0.1, -0.05) is 0 Å². The number of urea groups is 1. The number of ether oxygens (including phenoxy) is 2. The zero-order chi connectivity index (χ0) is 23.2. The first-order valence-electron chi connectivity index (χ1n) is 10.6. The number of carbonyl (C=O) groups excluding carboxylic acids is 2. The second kappa shape index (κ2) is 7.91. The molecule has 2 aliphatic heterocycles. The number of imide groups is 1. The number of anilines is 2. The highest BCUT2D eigenvalue weighted by atomic mass is 19.4. The Bertz CT molecular complexity index is 1070.